The number of anilines is 1. The number of rotatable bonds is 6. The van der Waals surface area contributed by atoms with Gasteiger partial charge in [0.1, 0.15) is 5.88 Å². The van der Waals surface area contributed by atoms with E-state index >= 15 is 0 Å². The predicted octanol–water partition coefficient (Wildman–Crippen LogP) is 4.11. The molecule has 0 spiro atoms. The monoisotopic (exact) mass is 467 g/mol. The molecule has 0 aliphatic carbocycles. The number of alkyl halides is 1. The second-order valence-corrected chi connectivity index (χ2v) is 8.46. The van der Waals surface area contributed by atoms with Crippen LogP contribution < -0.4 is 14.0 Å². The summed E-state index contributed by atoms with van der Waals surface area (Å²) >= 11 is 5.76. The second-order valence-electron chi connectivity index (χ2n) is 8.20. The van der Waals surface area contributed by atoms with E-state index in [1.54, 1.807) is 12.0 Å². The maximum atomic E-state index is 12.2. The van der Waals surface area contributed by atoms with Crippen LogP contribution in [0.4, 0.5) is 5.69 Å². The van der Waals surface area contributed by atoms with E-state index in [1.165, 1.54) is 11.4 Å². The molecule has 0 saturated carbocycles. The van der Waals surface area contributed by atoms with Gasteiger partial charge >= 0.3 is 0 Å². The lowest BCUT2D eigenvalue weighted by Crippen LogP contribution is -2.52. The summed E-state index contributed by atoms with van der Waals surface area (Å²) < 4.78 is 9.78. The van der Waals surface area contributed by atoms with Crippen LogP contribution in [0.15, 0.2) is 67.0 Å². The molecule has 174 valence electrons. The topological polar surface area (TPSA) is 37.3 Å². The standard InChI is InChI=1S/C15H22ClNO2.C12H12N2/c1-5-13-8-6-7-11(2)15(13)17(14(18)9-16)12(3)10-19-4;1-3-7-13-9-10-14-8-4-2-6-12(14)11(13)5-1/h6-8,12H,5,9-10H2,1-4H3;1-8H,9-10H2/q;+2/t12-;/m0./s1. The van der Waals surface area contributed by atoms with Crippen LogP contribution in [-0.2, 0) is 29.0 Å². The van der Waals surface area contributed by atoms with Crippen molar-refractivity contribution in [3.63, 3.8) is 0 Å². The third kappa shape index (κ3) is 5.79. The first-order chi connectivity index (χ1) is 16.0. The van der Waals surface area contributed by atoms with Crippen LogP contribution >= 0.6 is 11.6 Å². The van der Waals surface area contributed by atoms with Crippen molar-refractivity contribution in [3.05, 3.63) is 78.1 Å². The Hall–Kier alpha value is -2.76. The third-order valence-corrected chi connectivity index (χ3v) is 6.13. The predicted molar refractivity (Wildman–Crippen MR) is 132 cm³/mol. The number of halogens is 1. The Morgan fingerprint density at radius 1 is 1.03 bits per heavy atom. The number of nitrogens with zero attached hydrogens (tertiary/aromatic N) is 3. The van der Waals surface area contributed by atoms with Crippen LogP contribution in [0.2, 0.25) is 0 Å². The highest BCUT2D eigenvalue weighted by molar-refractivity contribution is 6.29. The molecule has 1 atom stereocenters. The Morgan fingerprint density at radius 3 is 2.15 bits per heavy atom. The van der Waals surface area contributed by atoms with Gasteiger partial charge in [0.2, 0.25) is 19.0 Å². The third-order valence-electron chi connectivity index (χ3n) is 5.90. The van der Waals surface area contributed by atoms with Gasteiger partial charge < -0.3 is 9.64 Å². The van der Waals surface area contributed by atoms with Crippen LogP contribution in [-0.4, -0.2) is 31.5 Å². The number of hydrogen-bond acceptors (Lipinski definition) is 2. The smallest absolute Gasteiger partial charge is 0.277 e. The number of carbonyl (C=O) groups is 1. The van der Waals surface area contributed by atoms with E-state index in [2.05, 4.69) is 70.9 Å². The SMILES string of the molecule is CCc1cccc(C)c1N(C(=O)CCl)[C@@H](C)COC.c1cc[n+]2c(c1)-c1cccc[n+]1CC2. The van der Waals surface area contributed by atoms with Crippen LogP contribution in [0.25, 0.3) is 11.4 Å². The summed E-state index contributed by atoms with van der Waals surface area (Å²) in [6.07, 6.45) is 5.17. The van der Waals surface area contributed by atoms with Gasteiger partial charge in [-0.3, -0.25) is 4.79 Å². The van der Waals surface area contributed by atoms with Crippen molar-refractivity contribution in [1.29, 1.82) is 0 Å². The highest BCUT2D eigenvalue weighted by Crippen LogP contribution is 2.28. The summed E-state index contributed by atoms with van der Waals surface area (Å²) in [4.78, 5) is 14.0. The number of amides is 1. The highest BCUT2D eigenvalue weighted by Gasteiger charge is 2.27. The van der Waals surface area contributed by atoms with Crippen molar-refractivity contribution in [2.24, 2.45) is 0 Å². The van der Waals surface area contributed by atoms with Crippen molar-refractivity contribution < 1.29 is 18.7 Å². The normalized spacial score (nSPS) is 12.6. The molecule has 0 unspecified atom stereocenters. The molecule has 1 aliphatic heterocycles. The summed E-state index contributed by atoms with van der Waals surface area (Å²) in [5.74, 6) is -0.110. The lowest BCUT2D eigenvalue weighted by atomic mass is 10.0. The van der Waals surface area contributed by atoms with E-state index in [0.29, 0.717) is 6.61 Å². The zero-order chi connectivity index (χ0) is 23.8. The molecule has 0 fully saturated rings. The molecule has 1 amide bonds. The van der Waals surface area contributed by atoms with E-state index in [0.717, 1.165) is 36.3 Å². The Kier molecular flexibility index (Phi) is 8.98. The van der Waals surface area contributed by atoms with Crippen LogP contribution in [0, 0.1) is 6.92 Å². The first-order valence-electron chi connectivity index (χ1n) is 11.4. The van der Waals surface area contributed by atoms with Crippen LogP contribution in [0.1, 0.15) is 25.0 Å². The minimum atomic E-state index is -0.0878. The zero-order valence-corrected chi connectivity index (χ0v) is 20.8. The Balaban J connectivity index is 0.000000192. The number of fused-ring (bicyclic) bond motifs is 3. The molecule has 0 radical (unpaired) electrons. The van der Waals surface area contributed by atoms with Gasteiger partial charge in [-0.05, 0) is 43.5 Å². The fraction of sp³-hybridized carbons (Fsp3) is 0.370. The van der Waals surface area contributed by atoms with Gasteiger partial charge in [-0.25, -0.2) is 0 Å². The van der Waals surface area contributed by atoms with Gasteiger partial charge in [-0.15, -0.1) is 11.6 Å². The fourth-order valence-electron chi connectivity index (χ4n) is 4.34. The summed E-state index contributed by atoms with van der Waals surface area (Å²) in [6, 6.07) is 18.7. The second kappa shape index (κ2) is 11.9. The van der Waals surface area contributed by atoms with Crippen molar-refractivity contribution in [3.8, 4) is 11.4 Å². The fourth-order valence-corrected chi connectivity index (χ4v) is 4.47. The lowest BCUT2D eigenvalue weighted by Gasteiger charge is -2.31. The van der Waals surface area contributed by atoms with Crippen LogP contribution in [0.5, 0.6) is 0 Å². The molecular weight excluding hydrogens is 434 g/mol. The number of aromatic nitrogens is 2. The number of methoxy groups -OCH3 is 1. The van der Waals surface area contributed by atoms with Crippen LogP contribution in [0.3, 0.4) is 0 Å². The minimum Gasteiger partial charge on any atom is -0.383 e. The van der Waals surface area contributed by atoms with Crippen molar-refractivity contribution in [1.82, 2.24) is 0 Å². The molecule has 1 aromatic carbocycles. The maximum absolute atomic E-state index is 12.2. The molecule has 1 aliphatic rings. The molecule has 4 rings (SSSR count). The van der Waals surface area contributed by atoms with Gasteiger partial charge in [0.25, 0.3) is 11.4 Å². The number of para-hydroxylation sites is 1. The highest BCUT2D eigenvalue weighted by atomic mass is 35.5. The Bertz CT molecular complexity index is 1040. The Morgan fingerprint density at radius 2 is 1.64 bits per heavy atom. The zero-order valence-electron chi connectivity index (χ0n) is 20.0. The summed E-state index contributed by atoms with van der Waals surface area (Å²) in [5, 5.41) is 0. The minimum absolute atomic E-state index is 0.0223. The first kappa shape index (κ1) is 24.9. The molecule has 3 heterocycles. The number of ether oxygens (including phenoxy) is 1. The van der Waals surface area contributed by atoms with Gasteiger partial charge in [0.15, 0.2) is 12.4 Å². The van der Waals surface area contributed by atoms with Gasteiger partial charge in [0.05, 0.1) is 18.3 Å². The molecule has 33 heavy (non-hydrogen) atoms. The van der Waals surface area contributed by atoms with Crippen molar-refractivity contribution in [2.75, 3.05) is 24.5 Å². The quantitative estimate of drug-likeness (QED) is 0.404. The number of carbonyl (C=O) groups excluding carboxylic acids is 1. The maximum Gasteiger partial charge on any atom is 0.277 e. The molecular formula is C27H34ClN3O2+2. The summed E-state index contributed by atoms with van der Waals surface area (Å²) in [6.45, 7) is 8.70. The lowest BCUT2D eigenvalue weighted by molar-refractivity contribution is -0.794. The summed E-state index contributed by atoms with van der Waals surface area (Å²) in [7, 11) is 1.64. The largest absolute Gasteiger partial charge is 0.383 e. The average Bonchev–Trinajstić information content (AvgIpc) is 2.85. The number of pyridine rings is 2. The van der Waals surface area contributed by atoms with Gasteiger partial charge in [-0.1, -0.05) is 25.1 Å². The summed E-state index contributed by atoms with van der Waals surface area (Å²) in [5.41, 5.74) is 5.82. The van der Waals surface area contributed by atoms with E-state index in [4.69, 9.17) is 16.3 Å². The molecule has 0 saturated heterocycles. The molecule has 6 heteroatoms. The molecule has 0 N–H and O–H groups in total. The molecule has 0 bridgehead atoms. The molecule has 2 aromatic heterocycles. The van der Waals surface area contributed by atoms with Gasteiger partial charge in [-0.2, -0.15) is 9.13 Å². The van der Waals surface area contributed by atoms with E-state index < -0.39 is 0 Å². The van der Waals surface area contributed by atoms with Crippen molar-refractivity contribution in [2.45, 2.75) is 46.3 Å². The Labute approximate surface area is 202 Å². The van der Waals surface area contributed by atoms with Crippen molar-refractivity contribution >= 4 is 23.2 Å². The number of hydrogen-bond donors (Lipinski definition) is 0. The number of benzene rings is 1. The van der Waals surface area contributed by atoms with E-state index in [-0.39, 0.29) is 17.8 Å². The molecule has 5 nitrogen and oxygen atoms in total. The number of aryl methyl sites for hydroxylation is 4. The van der Waals surface area contributed by atoms with E-state index in [1.807, 2.05) is 26.0 Å². The molecule has 3 aromatic rings. The van der Waals surface area contributed by atoms with E-state index in [9.17, 15) is 4.79 Å². The average molecular weight is 468 g/mol. The van der Waals surface area contributed by atoms with Gasteiger partial charge in [0, 0.05) is 31.4 Å². The first-order valence-corrected chi connectivity index (χ1v) is 12.0.